The molecule has 0 spiro atoms. The highest BCUT2D eigenvalue weighted by atomic mass is 16.2. The Bertz CT molecular complexity index is 948. The molecule has 0 bridgehead atoms. The van der Waals surface area contributed by atoms with E-state index in [4.69, 9.17) is 4.98 Å². The number of aryl methyl sites for hydroxylation is 1. The lowest BCUT2D eigenvalue weighted by Gasteiger charge is -2.36. The molecule has 29 heavy (non-hydrogen) atoms. The van der Waals surface area contributed by atoms with Gasteiger partial charge in [-0.1, -0.05) is 17.7 Å². The largest absolute Gasteiger partial charge is 0.328 e. The van der Waals surface area contributed by atoms with Gasteiger partial charge in [-0.3, -0.25) is 14.5 Å². The highest BCUT2D eigenvalue weighted by Gasteiger charge is 2.32. The minimum absolute atomic E-state index is 0.0128. The molecule has 1 unspecified atom stereocenters. The summed E-state index contributed by atoms with van der Waals surface area (Å²) in [6, 6.07) is 7.93. The molecule has 1 aromatic carbocycles. The van der Waals surface area contributed by atoms with Crippen molar-refractivity contribution in [3.05, 3.63) is 62.8 Å². The molecule has 6 nitrogen and oxygen atoms in total. The smallest absolute Gasteiger partial charge is 0.254 e. The summed E-state index contributed by atoms with van der Waals surface area (Å²) in [4.78, 5) is 38.1. The second kappa shape index (κ2) is 8.11. The third kappa shape index (κ3) is 3.99. The summed E-state index contributed by atoms with van der Waals surface area (Å²) in [6.07, 6.45) is 3.56. The molecule has 0 saturated carbocycles. The van der Waals surface area contributed by atoms with Gasteiger partial charge in [0.2, 0.25) is 0 Å². The molecule has 1 atom stereocenters. The van der Waals surface area contributed by atoms with E-state index in [2.05, 4.69) is 23.7 Å². The van der Waals surface area contributed by atoms with E-state index in [0.29, 0.717) is 30.5 Å². The summed E-state index contributed by atoms with van der Waals surface area (Å²) >= 11 is 0. The Balaban J connectivity index is 1.66. The second-order valence-electron chi connectivity index (χ2n) is 8.57. The second-order valence-corrected chi connectivity index (χ2v) is 8.57. The van der Waals surface area contributed by atoms with Crippen LogP contribution in [0.2, 0.25) is 0 Å². The van der Waals surface area contributed by atoms with Gasteiger partial charge in [0.05, 0.1) is 11.7 Å². The van der Waals surface area contributed by atoms with E-state index >= 15 is 0 Å². The van der Waals surface area contributed by atoms with Crippen molar-refractivity contribution in [2.45, 2.75) is 65.1 Å². The molecular formula is C23H30N4O2. The van der Waals surface area contributed by atoms with E-state index in [1.165, 1.54) is 0 Å². The van der Waals surface area contributed by atoms with Gasteiger partial charge in [-0.05, 0) is 58.6 Å². The first-order chi connectivity index (χ1) is 13.9. The van der Waals surface area contributed by atoms with Crippen LogP contribution in [0.25, 0.3) is 0 Å². The fraction of sp³-hybridized carbons (Fsp3) is 0.522. The van der Waals surface area contributed by atoms with Crippen LogP contribution in [0.5, 0.6) is 0 Å². The molecule has 1 saturated heterocycles. The van der Waals surface area contributed by atoms with Crippen molar-refractivity contribution in [1.29, 1.82) is 0 Å². The van der Waals surface area contributed by atoms with Crippen molar-refractivity contribution in [2.75, 3.05) is 13.1 Å². The lowest BCUT2D eigenvalue weighted by Crippen LogP contribution is -2.42. The summed E-state index contributed by atoms with van der Waals surface area (Å²) < 4.78 is 0. The van der Waals surface area contributed by atoms with Crippen LogP contribution in [0.4, 0.5) is 0 Å². The molecule has 0 radical (unpaired) electrons. The predicted octanol–water partition coefficient (Wildman–Crippen LogP) is 3.21. The van der Waals surface area contributed by atoms with E-state index in [1.807, 2.05) is 36.1 Å². The van der Waals surface area contributed by atoms with Crippen LogP contribution >= 0.6 is 0 Å². The zero-order valence-electron chi connectivity index (χ0n) is 17.6. The van der Waals surface area contributed by atoms with E-state index in [1.54, 1.807) is 0 Å². The van der Waals surface area contributed by atoms with Gasteiger partial charge in [-0.2, -0.15) is 0 Å². The fourth-order valence-electron chi connectivity index (χ4n) is 4.40. The Morgan fingerprint density at radius 2 is 1.93 bits per heavy atom. The first kappa shape index (κ1) is 19.8. The minimum atomic E-state index is -0.176. The van der Waals surface area contributed by atoms with E-state index in [0.717, 1.165) is 49.0 Å². The Morgan fingerprint density at radius 3 is 2.66 bits per heavy atom. The van der Waals surface area contributed by atoms with Crippen LogP contribution in [0.15, 0.2) is 29.1 Å². The Hall–Kier alpha value is -2.47. The lowest BCUT2D eigenvalue weighted by molar-refractivity contribution is 0.0598. The highest BCUT2D eigenvalue weighted by Crippen LogP contribution is 2.31. The Morgan fingerprint density at radius 1 is 1.17 bits per heavy atom. The molecule has 2 aromatic rings. The SMILES string of the molecule is Cc1ccc(C(=O)N2CCCCC2c2nc3c(c(=O)[nH]2)CCN(C(C)C)C3)cc1. The number of hydrogen-bond acceptors (Lipinski definition) is 4. The number of carbonyl (C=O) groups excluding carboxylic acids is 1. The maximum Gasteiger partial charge on any atom is 0.254 e. The molecule has 1 N–H and O–H groups in total. The fourth-order valence-corrected chi connectivity index (χ4v) is 4.40. The molecular weight excluding hydrogens is 364 g/mol. The molecule has 1 aromatic heterocycles. The number of carbonyl (C=O) groups is 1. The predicted molar refractivity (Wildman–Crippen MR) is 113 cm³/mol. The number of aromatic amines is 1. The number of aromatic nitrogens is 2. The van der Waals surface area contributed by atoms with Crippen molar-refractivity contribution in [3.63, 3.8) is 0 Å². The Kier molecular flexibility index (Phi) is 5.54. The van der Waals surface area contributed by atoms with Crippen LogP contribution < -0.4 is 5.56 Å². The van der Waals surface area contributed by atoms with Gasteiger partial charge in [0.15, 0.2) is 0 Å². The number of hydrogen-bond donors (Lipinski definition) is 1. The monoisotopic (exact) mass is 394 g/mol. The number of nitrogens with zero attached hydrogens (tertiary/aromatic N) is 3. The minimum Gasteiger partial charge on any atom is -0.328 e. The normalized spacial score (nSPS) is 20.0. The van der Waals surface area contributed by atoms with Gasteiger partial charge in [0.25, 0.3) is 11.5 Å². The maximum atomic E-state index is 13.2. The van der Waals surface area contributed by atoms with Crippen molar-refractivity contribution >= 4 is 5.91 Å². The first-order valence-electron chi connectivity index (χ1n) is 10.7. The van der Waals surface area contributed by atoms with Crippen molar-refractivity contribution < 1.29 is 4.79 Å². The van der Waals surface area contributed by atoms with Gasteiger partial charge in [0.1, 0.15) is 5.82 Å². The van der Waals surface area contributed by atoms with E-state index in [-0.39, 0.29) is 17.5 Å². The van der Waals surface area contributed by atoms with Crippen molar-refractivity contribution in [1.82, 2.24) is 19.8 Å². The number of benzene rings is 1. The Labute approximate surface area is 172 Å². The summed E-state index contributed by atoms with van der Waals surface area (Å²) in [5.41, 5.74) is 3.46. The molecule has 2 aliphatic heterocycles. The zero-order chi connectivity index (χ0) is 20.5. The standard InChI is InChI=1S/C23H30N4O2/c1-15(2)26-13-11-18-19(14-26)24-21(25-22(18)28)20-6-4-5-12-27(20)23(29)17-9-7-16(3)8-10-17/h7-10,15,20H,4-6,11-14H2,1-3H3,(H,24,25,28). The maximum absolute atomic E-state index is 13.2. The number of nitrogens with one attached hydrogen (secondary N) is 1. The molecule has 1 fully saturated rings. The van der Waals surface area contributed by atoms with Gasteiger partial charge < -0.3 is 9.88 Å². The zero-order valence-corrected chi connectivity index (χ0v) is 17.6. The van der Waals surface area contributed by atoms with E-state index in [9.17, 15) is 9.59 Å². The van der Waals surface area contributed by atoms with Crippen LogP contribution in [0.1, 0.15) is 72.2 Å². The molecule has 0 aliphatic carbocycles. The van der Waals surface area contributed by atoms with Crippen LogP contribution in [-0.4, -0.2) is 44.8 Å². The molecule has 6 heteroatoms. The van der Waals surface area contributed by atoms with E-state index < -0.39 is 0 Å². The quantitative estimate of drug-likeness (QED) is 0.868. The first-order valence-corrected chi connectivity index (χ1v) is 10.7. The van der Waals surface area contributed by atoms with Gasteiger partial charge in [0, 0.05) is 36.8 Å². The number of H-pyrrole nitrogens is 1. The lowest BCUT2D eigenvalue weighted by atomic mass is 9.98. The number of piperidine rings is 1. The van der Waals surface area contributed by atoms with Gasteiger partial charge in [-0.25, -0.2) is 4.98 Å². The summed E-state index contributed by atoms with van der Waals surface area (Å²) in [6.45, 7) is 8.62. The molecule has 4 rings (SSSR count). The van der Waals surface area contributed by atoms with Crippen LogP contribution in [-0.2, 0) is 13.0 Å². The highest BCUT2D eigenvalue weighted by molar-refractivity contribution is 5.94. The topological polar surface area (TPSA) is 69.3 Å². The number of fused-ring (bicyclic) bond motifs is 1. The molecule has 3 heterocycles. The third-order valence-corrected chi connectivity index (χ3v) is 6.23. The third-order valence-electron chi connectivity index (χ3n) is 6.23. The number of rotatable bonds is 3. The van der Waals surface area contributed by atoms with Crippen molar-refractivity contribution in [2.24, 2.45) is 0 Å². The van der Waals surface area contributed by atoms with Crippen LogP contribution in [0, 0.1) is 6.92 Å². The number of likely N-dealkylation sites (tertiary alicyclic amines) is 1. The molecule has 2 aliphatic rings. The summed E-state index contributed by atoms with van der Waals surface area (Å²) in [7, 11) is 0. The summed E-state index contributed by atoms with van der Waals surface area (Å²) in [5.74, 6) is 0.651. The van der Waals surface area contributed by atoms with Gasteiger partial charge in [-0.15, -0.1) is 0 Å². The summed E-state index contributed by atoms with van der Waals surface area (Å²) in [5, 5.41) is 0. The average Bonchev–Trinajstić information content (AvgIpc) is 2.73. The number of amides is 1. The molecule has 1 amide bonds. The average molecular weight is 395 g/mol. The van der Waals surface area contributed by atoms with Crippen molar-refractivity contribution in [3.8, 4) is 0 Å². The van der Waals surface area contributed by atoms with Gasteiger partial charge >= 0.3 is 0 Å². The molecule has 154 valence electrons. The van der Waals surface area contributed by atoms with Crippen LogP contribution in [0.3, 0.4) is 0 Å².